The Kier molecular flexibility index (Phi) is 6.65. The normalized spacial score (nSPS) is 16.6. The predicted molar refractivity (Wildman–Crippen MR) is 81.9 cm³/mol. The molecule has 0 aliphatic carbocycles. The van der Waals surface area contributed by atoms with Crippen LogP contribution >= 0.6 is 0 Å². The zero-order valence-corrected chi connectivity index (χ0v) is 13.2. The molecular weight excluding hydrogens is 274 g/mol. The highest BCUT2D eigenvalue weighted by molar-refractivity contribution is 7.89. The van der Waals surface area contributed by atoms with Gasteiger partial charge >= 0.3 is 0 Å². The number of benzene rings is 1. The van der Waals surface area contributed by atoms with Crippen LogP contribution in [0.15, 0.2) is 30.3 Å². The molecule has 5 heteroatoms. The molecule has 0 spiro atoms. The van der Waals surface area contributed by atoms with Gasteiger partial charge in [-0.2, -0.15) is 0 Å². The first-order valence-electron chi connectivity index (χ1n) is 7.07. The Bertz CT molecular complexity index is 487. The van der Waals surface area contributed by atoms with Crippen LogP contribution < -0.4 is 4.72 Å². The van der Waals surface area contributed by atoms with E-state index in [2.05, 4.69) is 4.72 Å². The zero-order valence-electron chi connectivity index (χ0n) is 12.4. The molecule has 3 unspecified atom stereocenters. The summed E-state index contributed by atoms with van der Waals surface area (Å²) in [5.74, 6) is 0.272. The van der Waals surface area contributed by atoms with Crippen molar-refractivity contribution in [2.24, 2.45) is 5.92 Å². The van der Waals surface area contributed by atoms with E-state index >= 15 is 0 Å². The van der Waals surface area contributed by atoms with Gasteiger partial charge in [0.1, 0.15) is 0 Å². The molecule has 4 nitrogen and oxygen atoms in total. The second kappa shape index (κ2) is 7.76. The van der Waals surface area contributed by atoms with E-state index in [9.17, 15) is 13.5 Å². The Morgan fingerprint density at radius 3 is 2.35 bits per heavy atom. The van der Waals surface area contributed by atoms with Crippen molar-refractivity contribution < 1.29 is 13.5 Å². The lowest BCUT2D eigenvalue weighted by molar-refractivity contribution is 0.158. The topological polar surface area (TPSA) is 66.4 Å². The average Bonchev–Trinajstić information content (AvgIpc) is 2.38. The standard InChI is InChI=1S/C15H25NO3S/c1-4-12(2)11-20(18,19)16-13(3)10-15(17)14-8-6-5-7-9-14/h5-9,12-13,15-17H,4,10-11H2,1-3H3. The first-order valence-corrected chi connectivity index (χ1v) is 8.72. The van der Waals surface area contributed by atoms with E-state index in [4.69, 9.17) is 0 Å². The fourth-order valence-electron chi connectivity index (χ4n) is 2.04. The number of hydrogen-bond acceptors (Lipinski definition) is 3. The van der Waals surface area contributed by atoms with Crippen LogP contribution in [0, 0.1) is 5.92 Å². The molecule has 0 bridgehead atoms. The number of aliphatic hydroxyl groups is 1. The molecule has 20 heavy (non-hydrogen) atoms. The summed E-state index contributed by atoms with van der Waals surface area (Å²) >= 11 is 0. The van der Waals surface area contributed by atoms with Gasteiger partial charge in [0.05, 0.1) is 11.9 Å². The quantitative estimate of drug-likeness (QED) is 0.775. The minimum absolute atomic E-state index is 0.134. The fourth-order valence-corrected chi connectivity index (χ4v) is 3.83. The Hall–Kier alpha value is -0.910. The van der Waals surface area contributed by atoms with E-state index in [-0.39, 0.29) is 17.7 Å². The molecule has 1 aromatic carbocycles. The third kappa shape index (κ3) is 6.03. The fraction of sp³-hybridized carbons (Fsp3) is 0.600. The third-order valence-electron chi connectivity index (χ3n) is 3.34. The highest BCUT2D eigenvalue weighted by Crippen LogP contribution is 2.18. The maximum absolute atomic E-state index is 11.9. The van der Waals surface area contributed by atoms with Crippen molar-refractivity contribution in [3.05, 3.63) is 35.9 Å². The minimum Gasteiger partial charge on any atom is -0.388 e. The van der Waals surface area contributed by atoms with Crippen molar-refractivity contribution in [2.75, 3.05) is 5.75 Å². The minimum atomic E-state index is -3.28. The van der Waals surface area contributed by atoms with Gasteiger partial charge in [0.15, 0.2) is 0 Å². The molecule has 0 saturated carbocycles. The maximum atomic E-state index is 11.9. The molecule has 114 valence electrons. The van der Waals surface area contributed by atoms with Crippen LogP contribution in [0.5, 0.6) is 0 Å². The Morgan fingerprint density at radius 1 is 1.20 bits per heavy atom. The van der Waals surface area contributed by atoms with Crippen LogP contribution in [-0.2, 0) is 10.0 Å². The molecule has 0 aromatic heterocycles. The van der Waals surface area contributed by atoms with Crippen molar-refractivity contribution in [3.8, 4) is 0 Å². The van der Waals surface area contributed by atoms with E-state index in [0.717, 1.165) is 12.0 Å². The number of rotatable bonds is 8. The number of hydrogen-bond donors (Lipinski definition) is 2. The third-order valence-corrected chi connectivity index (χ3v) is 5.11. The van der Waals surface area contributed by atoms with E-state index in [1.165, 1.54) is 0 Å². The number of sulfonamides is 1. The molecule has 1 aromatic rings. The monoisotopic (exact) mass is 299 g/mol. The van der Waals surface area contributed by atoms with Crippen LogP contribution in [0.4, 0.5) is 0 Å². The van der Waals surface area contributed by atoms with Gasteiger partial charge in [-0.1, -0.05) is 50.6 Å². The molecule has 0 fully saturated rings. The van der Waals surface area contributed by atoms with Crippen LogP contribution in [0.3, 0.4) is 0 Å². The maximum Gasteiger partial charge on any atom is 0.212 e. The van der Waals surface area contributed by atoms with Gasteiger partial charge in [-0.15, -0.1) is 0 Å². The molecular formula is C15H25NO3S. The van der Waals surface area contributed by atoms with Gasteiger partial charge < -0.3 is 5.11 Å². The molecule has 0 heterocycles. The van der Waals surface area contributed by atoms with E-state index < -0.39 is 16.1 Å². The molecule has 0 saturated heterocycles. The van der Waals surface area contributed by atoms with Gasteiger partial charge in [-0.3, -0.25) is 0 Å². The molecule has 3 atom stereocenters. The molecule has 2 N–H and O–H groups in total. The smallest absolute Gasteiger partial charge is 0.212 e. The second-order valence-electron chi connectivity index (χ2n) is 5.48. The van der Waals surface area contributed by atoms with Crippen molar-refractivity contribution in [3.63, 3.8) is 0 Å². The van der Waals surface area contributed by atoms with E-state index in [1.54, 1.807) is 6.92 Å². The largest absolute Gasteiger partial charge is 0.388 e. The van der Waals surface area contributed by atoms with E-state index in [1.807, 2.05) is 44.2 Å². The lowest BCUT2D eigenvalue weighted by Gasteiger charge is -2.19. The van der Waals surface area contributed by atoms with Crippen molar-refractivity contribution >= 4 is 10.0 Å². The van der Waals surface area contributed by atoms with Crippen molar-refractivity contribution in [2.45, 2.75) is 45.8 Å². The molecule has 0 aliphatic heterocycles. The first kappa shape index (κ1) is 17.1. The first-order chi connectivity index (χ1) is 9.34. The van der Waals surface area contributed by atoms with E-state index in [0.29, 0.717) is 6.42 Å². The van der Waals surface area contributed by atoms with Crippen LogP contribution in [-0.4, -0.2) is 25.3 Å². The molecule has 0 amide bonds. The lowest BCUT2D eigenvalue weighted by Crippen LogP contribution is -2.36. The lowest BCUT2D eigenvalue weighted by atomic mass is 10.0. The molecule has 0 radical (unpaired) electrons. The number of nitrogens with one attached hydrogen (secondary N) is 1. The summed E-state index contributed by atoms with van der Waals surface area (Å²) in [5, 5.41) is 10.1. The predicted octanol–water partition coefficient (Wildman–Crippen LogP) is 2.46. The second-order valence-corrected chi connectivity index (χ2v) is 7.27. The molecule has 1 rings (SSSR count). The van der Waals surface area contributed by atoms with Crippen molar-refractivity contribution in [1.29, 1.82) is 0 Å². The van der Waals surface area contributed by atoms with Gasteiger partial charge in [-0.25, -0.2) is 13.1 Å². The SMILES string of the molecule is CCC(C)CS(=O)(=O)NC(C)CC(O)c1ccccc1. The summed E-state index contributed by atoms with van der Waals surface area (Å²) in [6, 6.07) is 8.98. The Morgan fingerprint density at radius 2 is 1.80 bits per heavy atom. The Labute approximate surface area is 122 Å². The average molecular weight is 299 g/mol. The van der Waals surface area contributed by atoms with Gasteiger partial charge in [0.2, 0.25) is 10.0 Å². The summed E-state index contributed by atoms with van der Waals surface area (Å²) in [5.41, 5.74) is 0.806. The zero-order chi connectivity index (χ0) is 15.2. The van der Waals surface area contributed by atoms with Gasteiger partial charge in [0, 0.05) is 6.04 Å². The van der Waals surface area contributed by atoms with Gasteiger partial charge in [-0.05, 0) is 24.8 Å². The van der Waals surface area contributed by atoms with Crippen molar-refractivity contribution in [1.82, 2.24) is 4.72 Å². The highest BCUT2D eigenvalue weighted by atomic mass is 32.2. The van der Waals surface area contributed by atoms with Crippen LogP contribution in [0.1, 0.15) is 45.3 Å². The number of aliphatic hydroxyl groups excluding tert-OH is 1. The summed E-state index contributed by atoms with van der Waals surface area (Å²) in [6.45, 7) is 5.67. The highest BCUT2D eigenvalue weighted by Gasteiger charge is 2.19. The van der Waals surface area contributed by atoms with Gasteiger partial charge in [0.25, 0.3) is 0 Å². The molecule has 0 aliphatic rings. The summed E-state index contributed by atoms with van der Waals surface area (Å²) in [7, 11) is -3.28. The van der Waals surface area contributed by atoms with Crippen LogP contribution in [0.25, 0.3) is 0 Å². The van der Waals surface area contributed by atoms with Crippen LogP contribution in [0.2, 0.25) is 0 Å². The summed E-state index contributed by atoms with van der Waals surface area (Å²) in [6.07, 6.45) is 0.545. The summed E-state index contributed by atoms with van der Waals surface area (Å²) < 4.78 is 26.5. The Balaban J connectivity index is 2.53. The summed E-state index contributed by atoms with van der Waals surface area (Å²) in [4.78, 5) is 0.